The Balaban J connectivity index is 1.21. The number of benzene rings is 1. The number of carbonyl (C=O) groups is 3. The fourth-order valence-electron chi connectivity index (χ4n) is 5.35. The predicted molar refractivity (Wildman–Crippen MR) is 117 cm³/mol. The maximum Gasteiger partial charge on any atom is 0.251 e. The van der Waals surface area contributed by atoms with E-state index in [9.17, 15) is 14.4 Å². The molecular formula is C24H33N3O4. The number of unbranched alkanes of at least 4 members (excludes halogenated alkanes) is 1. The van der Waals surface area contributed by atoms with Gasteiger partial charge < -0.3 is 15.4 Å². The molecule has 1 atom stereocenters. The first-order valence-electron chi connectivity index (χ1n) is 11.5. The van der Waals surface area contributed by atoms with Crippen molar-refractivity contribution in [2.24, 2.45) is 5.41 Å². The number of carbonyl (C=O) groups excluding carboxylic acids is 3. The van der Waals surface area contributed by atoms with Crippen molar-refractivity contribution < 1.29 is 19.1 Å². The van der Waals surface area contributed by atoms with Gasteiger partial charge in [-0.2, -0.15) is 0 Å². The second-order valence-electron chi connectivity index (χ2n) is 9.23. The molecule has 1 aromatic carbocycles. The number of rotatable bonds is 7. The van der Waals surface area contributed by atoms with Crippen molar-refractivity contribution in [3.8, 4) is 5.75 Å². The Morgan fingerprint density at radius 1 is 1.16 bits per heavy atom. The first-order valence-corrected chi connectivity index (χ1v) is 11.5. The molecule has 168 valence electrons. The third-order valence-corrected chi connectivity index (χ3v) is 7.06. The van der Waals surface area contributed by atoms with Gasteiger partial charge in [0.25, 0.3) is 5.91 Å². The van der Waals surface area contributed by atoms with E-state index < -0.39 is 0 Å². The highest BCUT2D eigenvalue weighted by Gasteiger charge is 2.44. The summed E-state index contributed by atoms with van der Waals surface area (Å²) in [5, 5.41) is 6.19. The fourth-order valence-corrected chi connectivity index (χ4v) is 5.35. The van der Waals surface area contributed by atoms with Crippen molar-refractivity contribution in [1.82, 2.24) is 15.5 Å². The molecule has 3 aliphatic rings. The van der Waals surface area contributed by atoms with Gasteiger partial charge in [-0.1, -0.05) is 18.9 Å². The van der Waals surface area contributed by atoms with Crippen LogP contribution in [0.25, 0.3) is 0 Å². The Morgan fingerprint density at radius 2 is 1.90 bits per heavy atom. The van der Waals surface area contributed by atoms with E-state index in [0.29, 0.717) is 31.6 Å². The van der Waals surface area contributed by atoms with Gasteiger partial charge in [-0.25, -0.2) is 0 Å². The quantitative estimate of drug-likeness (QED) is 0.516. The summed E-state index contributed by atoms with van der Waals surface area (Å²) in [7, 11) is 1.63. The first kappa shape index (κ1) is 21.8. The van der Waals surface area contributed by atoms with Crippen LogP contribution in [0.3, 0.4) is 0 Å². The van der Waals surface area contributed by atoms with Crippen LogP contribution in [-0.2, 0) is 16.0 Å². The molecule has 3 amide bonds. The molecule has 0 unspecified atom stereocenters. The molecule has 2 fully saturated rings. The Hall–Kier alpha value is -2.41. The summed E-state index contributed by atoms with van der Waals surface area (Å²) in [5.41, 5.74) is 1.57. The Morgan fingerprint density at radius 3 is 2.61 bits per heavy atom. The summed E-state index contributed by atoms with van der Waals surface area (Å²) in [5.74, 6) is 0.716. The van der Waals surface area contributed by atoms with Gasteiger partial charge >= 0.3 is 0 Å². The van der Waals surface area contributed by atoms with Gasteiger partial charge in [0, 0.05) is 43.6 Å². The standard InChI is InChI=1S/C24H33N3O4/c1-25-23(30)18-7-6-8-20-19(18)13-17(16-31-20)26-11-4-5-12-27-21(28)14-24(15-22(27)29)9-2-3-10-24/h6-8,17,26H,2-5,9-16H2,1H3,(H,25,30)/t17-/m1/s1. The molecule has 0 aromatic heterocycles. The number of piperidine rings is 1. The van der Waals surface area contributed by atoms with Crippen molar-refractivity contribution in [1.29, 1.82) is 0 Å². The second kappa shape index (κ2) is 9.39. The minimum atomic E-state index is -0.101. The average molecular weight is 428 g/mol. The van der Waals surface area contributed by atoms with E-state index in [0.717, 1.165) is 62.8 Å². The Labute approximate surface area is 183 Å². The molecule has 1 saturated heterocycles. The molecular weight excluding hydrogens is 394 g/mol. The van der Waals surface area contributed by atoms with Crippen LogP contribution in [0.2, 0.25) is 0 Å². The molecule has 0 radical (unpaired) electrons. The van der Waals surface area contributed by atoms with Gasteiger partial charge in [0.05, 0.1) is 0 Å². The second-order valence-corrected chi connectivity index (χ2v) is 9.23. The molecule has 1 spiro atoms. The van der Waals surface area contributed by atoms with Crippen molar-refractivity contribution in [2.75, 3.05) is 26.7 Å². The SMILES string of the molecule is CNC(=O)c1cccc2c1C[C@@H](NCCCCN1C(=O)CC3(CCCC3)CC1=O)CO2. The highest BCUT2D eigenvalue weighted by atomic mass is 16.5. The molecule has 1 aliphatic carbocycles. The predicted octanol–water partition coefficient (Wildman–Crippen LogP) is 2.43. The van der Waals surface area contributed by atoms with Crippen LogP contribution in [0, 0.1) is 5.41 Å². The van der Waals surface area contributed by atoms with E-state index in [-0.39, 0.29) is 29.2 Å². The van der Waals surface area contributed by atoms with E-state index in [4.69, 9.17) is 4.74 Å². The molecule has 4 rings (SSSR count). The lowest BCUT2D eigenvalue weighted by molar-refractivity contribution is -0.153. The maximum atomic E-state index is 12.5. The smallest absolute Gasteiger partial charge is 0.251 e. The number of amides is 3. The average Bonchev–Trinajstić information content (AvgIpc) is 3.21. The van der Waals surface area contributed by atoms with Crippen LogP contribution in [0.1, 0.15) is 67.3 Å². The molecule has 0 bridgehead atoms. The van der Waals surface area contributed by atoms with Gasteiger partial charge in [0.2, 0.25) is 11.8 Å². The highest BCUT2D eigenvalue weighted by molar-refractivity contribution is 5.98. The summed E-state index contributed by atoms with van der Waals surface area (Å²) in [4.78, 5) is 38.7. The third kappa shape index (κ3) is 4.76. The number of hydrogen-bond donors (Lipinski definition) is 2. The molecule has 7 heteroatoms. The summed E-state index contributed by atoms with van der Waals surface area (Å²) in [6.07, 6.45) is 7.84. The highest BCUT2D eigenvalue weighted by Crippen LogP contribution is 2.46. The van der Waals surface area contributed by atoms with Gasteiger partial charge in [0.1, 0.15) is 12.4 Å². The van der Waals surface area contributed by atoms with Crippen LogP contribution >= 0.6 is 0 Å². The summed E-state index contributed by atoms with van der Waals surface area (Å²) in [6.45, 7) is 1.86. The van der Waals surface area contributed by atoms with E-state index in [1.54, 1.807) is 7.05 Å². The zero-order chi connectivity index (χ0) is 21.8. The molecule has 1 saturated carbocycles. The zero-order valence-corrected chi connectivity index (χ0v) is 18.4. The third-order valence-electron chi connectivity index (χ3n) is 7.06. The molecule has 2 N–H and O–H groups in total. The maximum absolute atomic E-state index is 12.5. The van der Waals surface area contributed by atoms with E-state index in [2.05, 4.69) is 10.6 Å². The van der Waals surface area contributed by atoms with Crippen molar-refractivity contribution in [2.45, 2.75) is 63.8 Å². The summed E-state index contributed by atoms with van der Waals surface area (Å²) >= 11 is 0. The van der Waals surface area contributed by atoms with E-state index in [1.165, 1.54) is 4.90 Å². The zero-order valence-electron chi connectivity index (χ0n) is 18.4. The minimum absolute atomic E-state index is 0.0186. The van der Waals surface area contributed by atoms with E-state index >= 15 is 0 Å². The first-order chi connectivity index (χ1) is 15.0. The summed E-state index contributed by atoms with van der Waals surface area (Å²) in [6, 6.07) is 5.71. The van der Waals surface area contributed by atoms with Gasteiger partial charge in [-0.05, 0) is 56.2 Å². The number of likely N-dealkylation sites (tertiary alicyclic amines) is 1. The lowest BCUT2D eigenvalue weighted by Crippen LogP contribution is -2.47. The number of fused-ring (bicyclic) bond motifs is 1. The number of hydrogen-bond acceptors (Lipinski definition) is 5. The van der Waals surface area contributed by atoms with Crippen molar-refractivity contribution in [3.05, 3.63) is 29.3 Å². The molecule has 7 nitrogen and oxygen atoms in total. The van der Waals surface area contributed by atoms with E-state index in [1.807, 2.05) is 18.2 Å². The number of nitrogens with zero attached hydrogens (tertiary/aromatic N) is 1. The normalized spacial score (nSPS) is 22.4. The number of ether oxygens (including phenoxy) is 1. The van der Waals surface area contributed by atoms with Gasteiger partial charge in [0.15, 0.2) is 0 Å². The topological polar surface area (TPSA) is 87.7 Å². The van der Waals surface area contributed by atoms with Crippen LogP contribution in [0.15, 0.2) is 18.2 Å². The lowest BCUT2D eigenvalue weighted by Gasteiger charge is -2.37. The Kier molecular flexibility index (Phi) is 6.60. The molecule has 2 heterocycles. The molecule has 1 aromatic rings. The molecule has 2 aliphatic heterocycles. The summed E-state index contributed by atoms with van der Waals surface area (Å²) < 4.78 is 5.86. The lowest BCUT2D eigenvalue weighted by atomic mass is 9.76. The number of nitrogens with one attached hydrogen (secondary N) is 2. The van der Waals surface area contributed by atoms with Crippen LogP contribution in [0.5, 0.6) is 5.75 Å². The minimum Gasteiger partial charge on any atom is -0.492 e. The van der Waals surface area contributed by atoms with Crippen LogP contribution < -0.4 is 15.4 Å². The van der Waals surface area contributed by atoms with Crippen LogP contribution in [0.4, 0.5) is 0 Å². The van der Waals surface area contributed by atoms with Crippen molar-refractivity contribution in [3.63, 3.8) is 0 Å². The van der Waals surface area contributed by atoms with Gasteiger partial charge in [-0.15, -0.1) is 0 Å². The van der Waals surface area contributed by atoms with Gasteiger partial charge in [-0.3, -0.25) is 19.3 Å². The van der Waals surface area contributed by atoms with Crippen LogP contribution in [-0.4, -0.2) is 55.4 Å². The molecule has 31 heavy (non-hydrogen) atoms. The Bertz CT molecular complexity index is 827. The fraction of sp³-hybridized carbons (Fsp3) is 0.625. The monoisotopic (exact) mass is 427 g/mol. The van der Waals surface area contributed by atoms with Crippen molar-refractivity contribution >= 4 is 17.7 Å². The largest absolute Gasteiger partial charge is 0.492 e. The number of imide groups is 1.